The Morgan fingerprint density at radius 3 is 2.59 bits per heavy atom. The molecule has 3 rings (SSSR count). The largest absolute Gasteiger partial charge is 0.346 e. The molecule has 1 atom stereocenters. The summed E-state index contributed by atoms with van der Waals surface area (Å²) < 4.78 is 15.0. The number of carbonyl (C=O) groups excluding carboxylic acids is 1. The molecule has 29 heavy (non-hydrogen) atoms. The Kier molecular flexibility index (Phi) is 7.16. The molecule has 0 aliphatic carbocycles. The number of nitrogens with one attached hydrogen (secondary N) is 1. The zero-order valence-corrected chi connectivity index (χ0v) is 18.2. The van der Waals surface area contributed by atoms with Crippen molar-refractivity contribution in [1.29, 1.82) is 0 Å². The van der Waals surface area contributed by atoms with Gasteiger partial charge in [-0.2, -0.15) is 0 Å². The maximum atomic E-state index is 13.1. The van der Waals surface area contributed by atoms with Crippen LogP contribution in [0.3, 0.4) is 0 Å². The minimum absolute atomic E-state index is 0.0882. The molecule has 0 aliphatic rings. The molecule has 0 fully saturated rings. The topological polar surface area (TPSA) is 59.8 Å². The van der Waals surface area contributed by atoms with Crippen molar-refractivity contribution in [2.75, 3.05) is 0 Å². The number of amides is 1. The van der Waals surface area contributed by atoms with Crippen LogP contribution < -0.4 is 5.32 Å². The van der Waals surface area contributed by atoms with E-state index in [1.54, 1.807) is 37.3 Å². The van der Waals surface area contributed by atoms with Crippen LogP contribution in [0.25, 0.3) is 5.69 Å². The predicted molar refractivity (Wildman–Crippen MR) is 114 cm³/mol. The highest BCUT2D eigenvalue weighted by atomic mass is 35.5. The number of rotatable bonds is 7. The fourth-order valence-electron chi connectivity index (χ4n) is 2.68. The fraction of sp³-hybridized carbons (Fsp3) is 0.250. The van der Waals surface area contributed by atoms with E-state index in [9.17, 15) is 9.18 Å². The first-order valence-corrected chi connectivity index (χ1v) is 10.7. The van der Waals surface area contributed by atoms with E-state index in [2.05, 4.69) is 15.5 Å². The lowest BCUT2D eigenvalue weighted by atomic mass is 10.2. The Labute approximate surface area is 182 Å². The van der Waals surface area contributed by atoms with Gasteiger partial charge < -0.3 is 5.32 Å². The van der Waals surface area contributed by atoms with Crippen LogP contribution in [0, 0.1) is 5.82 Å². The number of nitrogens with zero attached hydrogens (tertiary/aromatic N) is 3. The second-order valence-corrected chi connectivity index (χ2v) is 8.12. The number of hydrogen-bond donors (Lipinski definition) is 1. The quantitative estimate of drug-likeness (QED) is 0.474. The van der Waals surface area contributed by atoms with Crippen molar-refractivity contribution in [3.05, 3.63) is 69.7 Å². The van der Waals surface area contributed by atoms with Gasteiger partial charge in [-0.1, -0.05) is 54.0 Å². The molecule has 0 bridgehead atoms. The number of benzene rings is 2. The molecule has 1 N–H and O–H groups in total. The molecule has 1 unspecified atom stereocenters. The van der Waals surface area contributed by atoms with E-state index < -0.39 is 0 Å². The van der Waals surface area contributed by atoms with E-state index in [0.29, 0.717) is 38.9 Å². The third kappa shape index (κ3) is 5.29. The van der Waals surface area contributed by atoms with Gasteiger partial charge in [-0.15, -0.1) is 10.2 Å². The molecule has 1 aromatic heterocycles. The van der Waals surface area contributed by atoms with E-state index in [1.807, 2.05) is 11.5 Å². The van der Waals surface area contributed by atoms with Crippen LogP contribution in [0.5, 0.6) is 0 Å². The monoisotopic (exact) mass is 452 g/mol. The number of hydrogen-bond acceptors (Lipinski definition) is 4. The lowest BCUT2D eigenvalue weighted by Gasteiger charge is -2.17. The average Bonchev–Trinajstić information content (AvgIpc) is 3.11. The first-order valence-electron chi connectivity index (χ1n) is 8.96. The first-order chi connectivity index (χ1) is 13.9. The second-order valence-electron chi connectivity index (χ2n) is 6.33. The zero-order chi connectivity index (χ0) is 21.0. The summed E-state index contributed by atoms with van der Waals surface area (Å²) >= 11 is 13.9. The van der Waals surface area contributed by atoms with Crippen LogP contribution in [-0.4, -0.2) is 20.7 Å². The summed E-state index contributed by atoms with van der Waals surface area (Å²) in [7, 11) is 0. The van der Waals surface area contributed by atoms with E-state index in [4.69, 9.17) is 23.2 Å². The van der Waals surface area contributed by atoms with Gasteiger partial charge in [-0.3, -0.25) is 9.36 Å². The summed E-state index contributed by atoms with van der Waals surface area (Å²) in [5.41, 5.74) is 1.61. The van der Waals surface area contributed by atoms with E-state index in [0.717, 1.165) is 5.56 Å². The van der Waals surface area contributed by atoms with Gasteiger partial charge in [0.15, 0.2) is 11.0 Å². The summed E-state index contributed by atoms with van der Waals surface area (Å²) in [6.45, 7) is 3.62. The predicted octanol–water partition coefficient (Wildman–Crippen LogP) is 5.59. The van der Waals surface area contributed by atoms with Crippen molar-refractivity contribution in [1.82, 2.24) is 20.1 Å². The molecule has 9 heteroatoms. The standard InChI is InChI=1S/C20H19Cl2FN4OS/c1-3-18(28)24-12(2)19-25-26-20(29-11-13-4-7-15(23)8-5-13)27(19)17-9-6-14(21)10-16(17)22/h4-10,12H,3,11H2,1-2H3,(H,24,28). The van der Waals surface area contributed by atoms with Gasteiger partial charge in [0.05, 0.1) is 16.8 Å². The summed E-state index contributed by atoms with van der Waals surface area (Å²) in [5, 5.41) is 13.1. The number of carbonyl (C=O) groups is 1. The number of halogens is 3. The van der Waals surface area contributed by atoms with Crippen molar-refractivity contribution in [3.63, 3.8) is 0 Å². The molecule has 152 valence electrons. The molecule has 0 aliphatic heterocycles. The van der Waals surface area contributed by atoms with Gasteiger partial charge in [-0.25, -0.2) is 4.39 Å². The number of thioether (sulfide) groups is 1. The maximum Gasteiger partial charge on any atom is 0.220 e. The van der Waals surface area contributed by atoms with Crippen LogP contribution in [0.2, 0.25) is 10.0 Å². The summed E-state index contributed by atoms with van der Waals surface area (Å²) in [5.74, 6) is 0.754. The highest BCUT2D eigenvalue weighted by Gasteiger charge is 2.22. The second kappa shape index (κ2) is 9.61. The molecular formula is C20H19Cl2FN4OS. The van der Waals surface area contributed by atoms with Gasteiger partial charge in [0, 0.05) is 17.2 Å². The highest BCUT2D eigenvalue weighted by molar-refractivity contribution is 7.98. The summed E-state index contributed by atoms with van der Waals surface area (Å²) in [6.07, 6.45) is 0.367. The van der Waals surface area contributed by atoms with Crippen molar-refractivity contribution in [2.45, 2.75) is 37.2 Å². The SMILES string of the molecule is CCC(=O)NC(C)c1nnc(SCc2ccc(F)cc2)n1-c1ccc(Cl)cc1Cl. The first kappa shape index (κ1) is 21.6. The lowest BCUT2D eigenvalue weighted by molar-refractivity contribution is -0.121. The minimum atomic E-state index is -0.373. The molecule has 3 aromatic rings. The smallest absolute Gasteiger partial charge is 0.220 e. The molecular weight excluding hydrogens is 434 g/mol. The highest BCUT2D eigenvalue weighted by Crippen LogP contribution is 2.32. The van der Waals surface area contributed by atoms with Crippen molar-refractivity contribution in [3.8, 4) is 5.69 Å². The Hall–Kier alpha value is -2.09. The van der Waals surface area contributed by atoms with E-state index >= 15 is 0 Å². The minimum Gasteiger partial charge on any atom is -0.346 e. The molecule has 1 heterocycles. The van der Waals surface area contributed by atoms with Crippen LogP contribution in [0.15, 0.2) is 47.6 Å². The Morgan fingerprint density at radius 2 is 1.93 bits per heavy atom. The zero-order valence-electron chi connectivity index (χ0n) is 15.8. The molecule has 0 saturated carbocycles. The van der Waals surface area contributed by atoms with Gasteiger partial charge in [0.1, 0.15) is 5.82 Å². The number of aromatic nitrogens is 3. The molecule has 0 spiro atoms. The van der Waals surface area contributed by atoms with Crippen LogP contribution >= 0.6 is 35.0 Å². The Morgan fingerprint density at radius 1 is 1.21 bits per heavy atom. The normalized spacial score (nSPS) is 12.0. The molecule has 0 radical (unpaired) electrons. The maximum absolute atomic E-state index is 13.1. The molecule has 2 aromatic carbocycles. The summed E-state index contributed by atoms with van der Waals surface area (Å²) in [6, 6.07) is 11.1. The van der Waals surface area contributed by atoms with Gasteiger partial charge >= 0.3 is 0 Å². The van der Waals surface area contributed by atoms with Crippen molar-refractivity contribution in [2.24, 2.45) is 0 Å². The summed E-state index contributed by atoms with van der Waals surface area (Å²) in [4.78, 5) is 11.9. The van der Waals surface area contributed by atoms with Crippen LogP contribution in [-0.2, 0) is 10.5 Å². The molecule has 1 amide bonds. The van der Waals surface area contributed by atoms with Gasteiger partial charge in [0.25, 0.3) is 0 Å². The van der Waals surface area contributed by atoms with Crippen LogP contribution in [0.4, 0.5) is 4.39 Å². The van der Waals surface area contributed by atoms with Crippen molar-refractivity contribution < 1.29 is 9.18 Å². The Balaban J connectivity index is 1.97. The molecule has 0 saturated heterocycles. The fourth-order valence-corrected chi connectivity index (χ4v) is 4.08. The third-order valence-corrected chi connectivity index (χ3v) is 5.71. The lowest BCUT2D eigenvalue weighted by Crippen LogP contribution is -2.27. The Bertz CT molecular complexity index is 1010. The average molecular weight is 453 g/mol. The third-order valence-electron chi connectivity index (χ3n) is 4.18. The molecule has 5 nitrogen and oxygen atoms in total. The van der Waals surface area contributed by atoms with E-state index in [1.165, 1.54) is 23.9 Å². The van der Waals surface area contributed by atoms with Crippen molar-refractivity contribution >= 4 is 40.9 Å². The van der Waals surface area contributed by atoms with Gasteiger partial charge in [-0.05, 0) is 42.8 Å². The van der Waals surface area contributed by atoms with E-state index in [-0.39, 0.29) is 17.8 Å². The van der Waals surface area contributed by atoms with Crippen LogP contribution in [0.1, 0.15) is 37.7 Å². The van der Waals surface area contributed by atoms with Gasteiger partial charge in [0.2, 0.25) is 5.91 Å².